The Morgan fingerprint density at radius 2 is 1.55 bits per heavy atom. The van der Waals surface area contributed by atoms with Crippen LogP contribution in [0, 0.1) is 12.8 Å². The molecule has 1 atom stereocenters. The quantitative estimate of drug-likeness (QED) is 0.446. The zero-order valence-electron chi connectivity index (χ0n) is 17.3. The molecule has 0 aliphatic carbocycles. The van der Waals surface area contributed by atoms with Gasteiger partial charge in [-0.15, -0.1) is 0 Å². The van der Waals surface area contributed by atoms with E-state index in [2.05, 4.69) is 0 Å². The summed E-state index contributed by atoms with van der Waals surface area (Å²) < 4.78 is 5.45. The predicted octanol–water partition coefficient (Wildman–Crippen LogP) is 4.32. The van der Waals surface area contributed by atoms with E-state index < -0.39 is 5.92 Å². The van der Waals surface area contributed by atoms with Crippen LogP contribution in [-0.4, -0.2) is 24.2 Å². The average molecular weight is 413 g/mol. The monoisotopic (exact) mass is 413 g/mol. The Bertz CT molecular complexity index is 1090. The molecule has 31 heavy (non-hydrogen) atoms. The number of ether oxygens (including phenoxy) is 1. The van der Waals surface area contributed by atoms with Gasteiger partial charge < -0.3 is 9.64 Å². The van der Waals surface area contributed by atoms with E-state index in [0.29, 0.717) is 17.7 Å². The first-order valence-electron chi connectivity index (χ1n) is 10.2. The van der Waals surface area contributed by atoms with Crippen LogP contribution < -0.4 is 4.90 Å². The molecule has 0 bridgehead atoms. The van der Waals surface area contributed by atoms with Gasteiger partial charge in [0.15, 0.2) is 5.78 Å². The highest BCUT2D eigenvalue weighted by Crippen LogP contribution is 2.26. The van der Waals surface area contributed by atoms with Crippen LogP contribution in [0.5, 0.6) is 0 Å². The fourth-order valence-corrected chi connectivity index (χ4v) is 3.62. The summed E-state index contributed by atoms with van der Waals surface area (Å²) in [7, 11) is 0. The number of esters is 1. The van der Waals surface area contributed by atoms with Crippen molar-refractivity contribution in [3.05, 3.63) is 101 Å². The highest BCUT2D eigenvalue weighted by molar-refractivity contribution is 6.08. The number of anilines is 1. The lowest BCUT2D eigenvalue weighted by atomic mass is 10.0. The molecule has 1 fully saturated rings. The lowest BCUT2D eigenvalue weighted by Gasteiger charge is -2.16. The first-order valence-corrected chi connectivity index (χ1v) is 10.2. The average Bonchev–Trinajstić information content (AvgIpc) is 3.20. The Morgan fingerprint density at radius 1 is 0.903 bits per heavy atom. The van der Waals surface area contributed by atoms with Crippen molar-refractivity contribution in [1.29, 1.82) is 0 Å². The lowest BCUT2D eigenvalue weighted by molar-refractivity contribution is -0.149. The molecule has 4 rings (SSSR count). The minimum atomic E-state index is -0.479. The van der Waals surface area contributed by atoms with Crippen LogP contribution in [0.1, 0.15) is 33.5 Å². The summed E-state index contributed by atoms with van der Waals surface area (Å²) in [5, 5.41) is 0. The Hall–Kier alpha value is -3.73. The second-order valence-electron chi connectivity index (χ2n) is 7.74. The van der Waals surface area contributed by atoms with Gasteiger partial charge >= 0.3 is 5.97 Å². The van der Waals surface area contributed by atoms with Crippen molar-refractivity contribution < 1.29 is 19.1 Å². The fraction of sp³-hybridized carbons (Fsp3) is 0.192. The lowest BCUT2D eigenvalue weighted by Crippen LogP contribution is -2.26. The summed E-state index contributed by atoms with van der Waals surface area (Å²) in [5.74, 6) is -0.987. The summed E-state index contributed by atoms with van der Waals surface area (Å²) in [4.78, 5) is 39.0. The number of carbonyl (C=O) groups is 3. The first kappa shape index (κ1) is 20.5. The van der Waals surface area contributed by atoms with E-state index in [9.17, 15) is 14.4 Å². The van der Waals surface area contributed by atoms with Gasteiger partial charge in [-0.05, 0) is 24.6 Å². The zero-order chi connectivity index (χ0) is 21.8. The molecular formula is C26H23NO4. The van der Waals surface area contributed by atoms with Crippen LogP contribution in [0.2, 0.25) is 0 Å². The van der Waals surface area contributed by atoms with Gasteiger partial charge in [-0.1, -0.05) is 72.3 Å². The zero-order valence-corrected chi connectivity index (χ0v) is 17.3. The highest BCUT2D eigenvalue weighted by atomic mass is 16.5. The van der Waals surface area contributed by atoms with E-state index in [1.54, 1.807) is 41.3 Å². The van der Waals surface area contributed by atoms with Crippen LogP contribution in [0.3, 0.4) is 0 Å². The number of ketones is 1. The number of carbonyl (C=O) groups excluding carboxylic acids is 3. The van der Waals surface area contributed by atoms with Crippen molar-refractivity contribution in [1.82, 2.24) is 0 Å². The summed E-state index contributed by atoms with van der Waals surface area (Å²) in [6.07, 6.45) is 0.150. The topological polar surface area (TPSA) is 63.7 Å². The van der Waals surface area contributed by atoms with Crippen molar-refractivity contribution in [2.24, 2.45) is 5.92 Å². The minimum Gasteiger partial charge on any atom is -0.461 e. The van der Waals surface area contributed by atoms with Crippen molar-refractivity contribution in [2.45, 2.75) is 20.0 Å². The summed E-state index contributed by atoms with van der Waals surface area (Å²) in [6, 6.07) is 23.8. The second kappa shape index (κ2) is 8.96. The SMILES string of the molecule is Cc1ccc(N2C[C@H](C(=O)OCc3ccc(C(=O)c4ccccc4)cc3)CC2=O)cc1. The standard InChI is InChI=1S/C26H23NO4/c1-18-7-13-23(14-8-18)27-16-22(15-24(27)28)26(30)31-17-19-9-11-21(12-10-19)25(29)20-5-3-2-4-6-20/h2-14,22H,15-17H2,1H3/t22-/m1/s1. The maximum absolute atomic E-state index is 12.5. The minimum absolute atomic E-state index is 0.0511. The number of aryl methyl sites for hydroxylation is 1. The smallest absolute Gasteiger partial charge is 0.311 e. The van der Waals surface area contributed by atoms with Gasteiger partial charge in [0.2, 0.25) is 5.91 Å². The molecule has 156 valence electrons. The maximum Gasteiger partial charge on any atom is 0.311 e. The van der Waals surface area contributed by atoms with E-state index in [0.717, 1.165) is 16.8 Å². The molecule has 1 saturated heterocycles. The van der Waals surface area contributed by atoms with Gasteiger partial charge in [-0.2, -0.15) is 0 Å². The third kappa shape index (κ3) is 4.72. The number of hydrogen-bond donors (Lipinski definition) is 0. The molecule has 0 aromatic heterocycles. The number of nitrogens with zero attached hydrogens (tertiary/aromatic N) is 1. The predicted molar refractivity (Wildman–Crippen MR) is 118 cm³/mol. The van der Waals surface area contributed by atoms with Crippen molar-refractivity contribution >= 4 is 23.3 Å². The third-order valence-corrected chi connectivity index (χ3v) is 5.44. The molecule has 1 amide bonds. The molecule has 0 N–H and O–H groups in total. The van der Waals surface area contributed by atoms with E-state index in [-0.39, 0.29) is 30.7 Å². The number of rotatable bonds is 6. The van der Waals surface area contributed by atoms with Gasteiger partial charge in [0.25, 0.3) is 0 Å². The molecule has 5 heteroatoms. The molecule has 0 spiro atoms. The molecule has 1 aliphatic rings. The van der Waals surface area contributed by atoms with Gasteiger partial charge in [-0.3, -0.25) is 14.4 Å². The molecule has 0 unspecified atom stereocenters. The van der Waals surface area contributed by atoms with Gasteiger partial charge in [-0.25, -0.2) is 0 Å². The Morgan fingerprint density at radius 3 is 2.23 bits per heavy atom. The highest BCUT2D eigenvalue weighted by Gasteiger charge is 2.36. The van der Waals surface area contributed by atoms with E-state index >= 15 is 0 Å². The molecular weight excluding hydrogens is 390 g/mol. The normalized spacial score (nSPS) is 15.7. The second-order valence-corrected chi connectivity index (χ2v) is 7.74. The van der Waals surface area contributed by atoms with Crippen LogP contribution >= 0.6 is 0 Å². The molecule has 5 nitrogen and oxygen atoms in total. The van der Waals surface area contributed by atoms with Crippen molar-refractivity contribution in [2.75, 3.05) is 11.4 Å². The number of amides is 1. The Balaban J connectivity index is 1.33. The molecule has 0 saturated carbocycles. The number of benzene rings is 3. The molecule has 3 aromatic carbocycles. The molecule has 3 aromatic rings. The van der Waals surface area contributed by atoms with Crippen LogP contribution in [0.4, 0.5) is 5.69 Å². The van der Waals surface area contributed by atoms with Crippen LogP contribution in [-0.2, 0) is 20.9 Å². The van der Waals surface area contributed by atoms with E-state index in [1.807, 2.05) is 49.4 Å². The fourth-order valence-electron chi connectivity index (χ4n) is 3.62. The van der Waals surface area contributed by atoms with E-state index in [1.165, 1.54) is 0 Å². The molecule has 1 heterocycles. The largest absolute Gasteiger partial charge is 0.461 e. The van der Waals surface area contributed by atoms with Gasteiger partial charge in [0, 0.05) is 29.8 Å². The molecule has 0 radical (unpaired) electrons. The third-order valence-electron chi connectivity index (χ3n) is 5.44. The van der Waals surface area contributed by atoms with Crippen LogP contribution in [0.25, 0.3) is 0 Å². The van der Waals surface area contributed by atoms with Crippen LogP contribution in [0.15, 0.2) is 78.9 Å². The summed E-state index contributed by atoms with van der Waals surface area (Å²) in [6.45, 7) is 2.42. The summed E-state index contributed by atoms with van der Waals surface area (Å²) >= 11 is 0. The van der Waals surface area contributed by atoms with Crippen molar-refractivity contribution in [3.63, 3.8) is 0 Å². The van der Waals surface area contributed by atoms with Gasteiger partial charge in [0.1, 0.15) is 6.61 Å². The molecule has 1 aliphatic heterocycles. The van der Waals surface area contributed by atoms with Gasteiger partial charge in [0.05, 0.1) is 5.92 Å². The Labute approximate surface area is 181 Å². The Kier molecular flexibility index (Phi) is 5.94. The maximum atomic E-state index is 12.5. The van der Waals surface area contributed by atoms with E-state index in [4.69, 9.17) is 4.74 Å². The van der Waals surface area contributed by atoms with Crippen molar-refractivity contribution in [3.8, 4) is 0 Å². The number of hydrogen-bond acceptors (Lipinski definition) is 4. The first-order chi connectivity index (χ1) is 15.0. The summed E-state index contributed by atoms with van der Waals surface area (Å²) in [5.41, 5.74) is 3.91.